The summed E-state index contributed by atoms with van der Waals surface area (Å²) in [6.07, 6.45) is 3.07. The van der Waals surface area contributed by atoms with E-state index in [0.717, 1.165) is 51.5 Å². The molecule has 0 bridgehead atoms. The van der Waals surface area contributed by atoms with E-state index >= 15 is 0 Å². The predicted molar refractivity (Wildman–Crippen MR) is 105 cm³/mol. The molecule has 1 unspecified atom stereocenters. The van der Waals surface area contributed by atoms with Gasteiger partial charge in [-0.25, -0.2) is 0 Å². The summed E-state index contributed by atoms with van der Waals surface area (Å²) in [5, 5.41) is 15.6. The van der Waals surface area contributed by atoms with Crippen LogP contribution in [0, 0.1) is 11.8 Å². The van der Waals surface area contributed by atoms with Crippen LogP contribution in [-0.4, -0.2) is 50.5 Å². The summed E-state index contributed by atoms with van der Waals surface area (Å²) in [7, 11) is 0. The molecule has 0 aromatic rings. The summed E-state index contributed by atoms with van der Waals surface area (Å²) in [5.41, 5.74) is 0. The van der Waals surface area contributed by atoms with Crippen LogP contribution in [0.1, 0.15) is 47.0 Å². The Morgan fingerprint density at radius 1 is 1.18 bits per heavy atom. The fourth-order valence-electron chi connectivity index (χ4n) is 2.04. The first-order valence-electron chi connectivity index (χ1n) is 8.34. The molecule has 0 aromatic carbocycles. The second kappa shape index (κ2) is 17.3. The number of rotatable bonds is 12. The lowest BCUT2D eigenvalue weighted by atomic mass is 10.0. The van der Waals surface area contributed by atoms with Crippen molar-refractivity contribution in [1.82, 2.24) is 10.6 Å². The summed E-state index contributed by atoms with van der Waals surface area (Å²) in [5.74, 6) is 1.87. The van der Waals surface area contributed by atoms with Crippen LogP contribution in [0.4, 0.5) is 0 Å². The van der Waals surface area contributed by atoms with Gasteiger partial charge in [0.05, 0.1) is 6.61 Å². The monoisotopic (exact) mass is 429 g/mol. The number of nitrogens with zero attached hydrogens (tertiary/aromatic N) is 1. The van der Waals surface area contributed by atoms with Crippen molar-refractivity contribution >= 4 is 29.9 Å². The van der Waals surface area contributed by atoms with Crippen molar-refractivity contribution in [2.75, 3.05) is 39.5 Å². The highest BCUT2D eigenvalue weighted by Gasteiger charge is 2.07. The third kappa shape index (κ3) is 14.8. The first-order chi connectivity index (χ1) is 10.1. The van der Waals surface area contributed by atoms with Crippen molar-refractivity contribution in [1.29, 1.82) is 0 Å². The minimum absolute atomic E-state index is 0. The fraction of sp³-hybridized carbons (Fsp3) is 0.938. The van der Waals surface area contributed by atoms with Gasteiger partial charge in [0, 0.05) is 32.8 Å². The molecule has 0 saturated carbocycles. The van der Waals surface area contributed by atoms with Gasteiger partial charge in [0.2, 0.25) is 0 Å². The van der Waals surface area contributed by atoms with Crippen molar-refractivity contribution in [3.8, 4) is 0 Å². The summed E-state index contributed by atoms with van der Waals surface area (Å²) in [6.45, 7) is 12.6. The predicted octanol–water partition coefficient (Wildman–Crippen LogP) is 2.63. The van der Waals surface area contributed by atoms with Gasteiger partial charge < -0.3 is 20.5 Å². The average molecular weight is 429 g/mol. The summed E-state index contributed by atoms with van der Waals surface area (Å²) in [6, 6.07) is 0. The van der Waals surface area contributed by atoms with Gasteiger partial charge in [-0.15, -0.1) is 24.0 Å². The topological polar surface area (TPSA) is 65.9 Å². The van der Waals surface area contributed by atoms with Gasteiger partial charge in [0.1, 0.15) is 0 Å². The molecule has 0 fully saturated rings. The zero-order chi connectivity index (χ0) is 15.9. The standard InChI is InChI=1S/C16H35N3O2.HI/c1-5-7-15(8-10-20)12-19-16(17-6-2)18-9-11-21-13-14(3)4;/h14-15,20H,5-13H2,1-4H3,(H2,17,18,19);1H. The van der Waals surface area contributed by atoms with Crippen molar-refractivity contribution in [2.45, 2.75) is 47.0 Å². The Balaban J connectivity index is 0. The largest absolute Gasteiger partial charge is 0.396 e. The number of guanidine groups is 1. The van der Waals surface area contributed by atoms with Gasteiger partial charge in [0.25, 0.3) is 0 Å². The van der Waals surface area contributed by atoms with Crippen LogP contribution in [-0.2, 0) is 4.74 Å². The zero-order valence-electron chi connectivity index (χ0n) is 14.7. The number of hydrogen-bond acceptors (Lipinski definition) is 3. The molecular weight excluding hydrogens is 393 g/mol. The number of aliphatic hydroxyl groups excluding tert-OH is 1. The van der Waals surface area contributed by atoms with Gasteiger partial charge >= 0.3 is 0 Å². The lowest BCUT2D eigenvalue weighted by molar-refractivity contribution is 0.114. The molecule has 22 heavy (non-hydrogen) atoms. The first-order valence-corrected chi connectivity index (χ1v) is 8.34. The molecule has 0 aliphatic rings. The van der Waals surface area contributed by atoms with Gasteiger partial charge in [-0.3, -0.25) is 4.99 Å². The SMILES string of the molecule is CCCC(CCO)CN=C(NCC)NCCOCC(C)C.I. The van der Waals surface area contributed by atoms with E-state index in [1.54, 1.807) is 0 Å². The Morgan fingerprint density at radius 3 is 2.45 bits per heavy atom. The molecule has 0 aliphatic carbocycles. The molecule has 3 N–H and O–H groups in total. The van der Waals surface area contributed by atoms with Crippen LogP contribution in [0.2, 0.25) is 0 Å². The molecular formula is C16H36IN3O2. The molecule has 0 spiro atoms. The molecule has 0 amide bonds. The van der Waals surface area contributed by atoms with E-state index in [0.29, 0.717) is 18.4 Å². The summed E-state index contributed by atoms with van der Waals surface area (Å²) in [4.78, 5) is 4.61. The van der Waals surface area contributed by atoms with Crippen LogP contribution in [0.25, 0.3) is 0 Å². The maximum atomic E-state index is 9.08. The van der Waals surface area contributed by atoms with E-state index in [4.69, 9.17) is 9.84 Å². The highest BCUT2D eigenvalue weighted by molar-refractivity contribution is 14.0. The van der Waals surface area contributed by atoms with Gasteiger partial charge in [-0.05, 0) is 31.6 Å². The molecule has 6 heteroatoms. The molecule has 0 aliphatic heterocycles. The smallest absolute Gasteiger partial charge is 0.191 e. The molecule has 5 nitrogen and oxygen atoms in total. The van der Waals surface area contributed by atoms with Crippen LogP contribution >= 0.6 is 24.0 Å². The number of ether oxygens (including phenoxy) is 1. The Bertz CT molecular complexity index is 258. The number of nitrogens with one attached hydrogen (secondary N) is 2. The third-order valence-electron chi connectivity index (χ3n) is 3.08. The Morgan fingerprint density at radius 2 is 1.91 bits per heavy atom. The lowest BCUT2D eigenvalue weighted by Crippen LogP contribution is -2.39. The van der Waals surface area contributed by atoms with Crippen molar-refractivity contribution in [3.05, 3.63) is 0 Å². The van der Waals surface area contributed by atoms with Crippen LogP contribution in [0.5, 0.6) is 0 Å². The van der Waals surface area contributed by atoms with Gasteiger partial charge in [-0.2, -0.15) is 0 Å². The van der Waals surface area contributed by atoms with Crippen LogP contribution < -0.4 is 10.6 Å². The van der Waals surface area contributed by atoms with E-state index in [1.807, 2.05) is 0 Å². The Labute approximate surface area is 153 Å². The average Bonchev–Trinajstić information content (AvgIpc) is 2.44. The fourth-order valence-corrected chi connectivity index (χ4v) is 2.04. The highest BCUT2D eigenvalue weighted by atomic mass is 127. The van der Waals surface area contributed by atoms with E-state index in [2.05, 4.69) is 43.3 Å². The quantitative estimate of drug-likeness (QED) is 0.193. The lowest BCUT2D eigenvalue weighted by Gasteiger charge is -2.15. The van der Waals surface area contributed by atoms with Crippen LogP contribution in [0.15, 0.2) is 4.99 Å². The Hall–Kier alpha value is -0.0800. The minimum Gasteiger partial charge on any atom is -0.396 e. The van der Waals surface area contributed by atoms with Crippen LogP contribution in [0.3, 0.4) is 0 Å². The maximum Gasteiger partial charge on any atom is 0.191 e. The van der Waals surface area contributed by atoms with Crippen molar-refractivity contribution in [3.63, 3.8) is 0 Å². The third-order valence-corrected chi connectivity index (χ3v) is 3.08. The van der Waals surface area contributed by atoms with E-state index < -0.39 is 0 Å². The molecule has 0 heterocycles. The second-order valence-electron chi connectivity index (χ2n) is 5.78. The molecule has 0 rings (SSSR count). The number of hydrogen-bond donors (Lipinski definition) is 3. The van der Waals surface area contributed by atoms with Crippen molar-refractivity contribution in [2.24, 2.45) is 16.8 Å². The van der Waals surface area contributed by atoms with E-state index in [9.17, 15) is 0 Å². The summed E-state index contributed by atoms with van der Waals surface area (Å²) < 4.78 is 5.55. The highest BCUT2D eigenvalue weighted by Crippen LogP contribution is 2.10. The normalized spacial score (nSPS) is 12.9. The number of halogens is 1. The first kappa shape index (κ1) is 24.2. The maximum absolute atomic E-state index is 9.08. The minimum atomic E-state index is 0. The van der Waals surface area contributed by atoms with Crippen molar-refractivity contribution < 1.29 is 9.84 Å². The summed E-state index contributed by atoms with van der Waals surface area (Å²) >= 11 is 0. The van der Waals surface area contributed by atoms with Gasteiger partial charge in [0.15, 0.2) is 5.96 Å². The number of aliphatic imine (C=N–C) groups is 1. The molecule has 0 radical (unpaired) electrons. The molecule has 134 valence electrons. The molecule has 1 atom stereocenters. The molecule has 0 aromatic heterocycles. The van der Waals surface area contributed by atoms with E-state index in [-0.39, 0.29) is 30.6 Å². The second-order valence-corrected chi connectivity index (χ2v) is 5.78. The van der Waals surface area contributed by atoms with E-state index in [1.165, 1.54) is 0 Å². The zero-order valence-corrected chi connectivity index (χ0v) is 17.1. The number of aliphatic hydroxyl groups is 1. The molecule has 0 saturated heterocycles. The van der Waals surface area contributed by atoms with Gasteiger partial charge in [-0.1, -0.05) is 27.2 Å². The Kier molecular flexibility index (Phi) is 19.0.